The first-order valence-electron chi connectivity index (χ1n) is 5.80. The third kappa shape index (κ3) is 3.34. The Labute approximate surface area is 127 Å². The predicted molar refractivity (Wildman–Crippen MR) is 80.0 cm³/mol. The molecule has 0 aliphatic heterocycles. The summed E-state index contributed by atoms with van der Waals surface area (Å²) in [5, 5.41) is 22.7. The molecule has 0 saturated heterocycles. The second-order valence-electron chi connectivity index (χ2n) is 4.23. The van der Waals surface area contributed by atoms with Crippen molar-refractivity contribution in [2.45, 2.75) is 6.92 Å². The summed E-state index contributed by atoms with van der Waals surface area (Å²) < 4.78 is 0.694. The molecule has 21 heavy (non-hydrogen) atoms. The zero-order valence-corrected chi connectivity index (χ0v) is 12.4. The van der Waals surface area contributed by atoms with Crippen LogP contribution in [0.1, 0.15) is 16.1 Å². The highest BCUT2D eigenvalue weighted by Crippen LogP contribution is 2.30. The van der Waals surface area contributed by atoms with Crippen LogP contribution in [0.5, 0.6) is 0 Å². The minimum atomic E-state index is -1.25. The molecule has 0 aliphatic rings. The molecule has 2 aromatic rings. The standard InChI is InChI=1S/C13H10BrN3O4/c1-7-2-3-9(8(14)6-7)15-12-11(17(20)21)5-4-10(16-12)13(18)19/h2-6H,1H3,(H,15,16)(H,18,19). The summed E-state index contributed by atoms with van der Waals surface area (Å²) in [5.74, 6) is -1.37. The Hall–Kier alpha value is -2.48. The highest BCUT2D eigenvalue weighted by molar-refractivity contribution is 9.10. The molecule has 0 fully saturated rings. The number of halogens is 1. The van der Waals surface area contributed by atoms with Crippen molar-refractivity contribution >= 4 is 39.1 Å². The number of carboxylic acids is 1. The van der Waals surface area contributed by atoms with E-state index >= 15 is 0 Å². The summed E-state index contributed by atoms with van der Waals surface area (Å²) in [5.41, 5.74) is 0.992. The van der Waals surface area contributed by atoms with Gasteiger partial charge in [0.2, 0.25) is 5.82 Å². The first-order chi connectivity index (χ1) is 9.88. The molecule has 7 nitrogen and oxygen atoms in total. The van der Waals surface area contributed by atoms with E-state index in [4.69, 9.17) is 5.11 Å². The van der Waals surface area contributed by atoms with Gasteiger partial charge in [0.25, 0.3) is 0 Å². The molecule has 0 saturated carbocycles. The van der Waals surface area contributed by atoms with Crippen LogP contribution >= 0.6 is 15.9 Å². The quantitative estimate of drug-likeness (QED) is 0.644. The largest absolute Gasteiger partial charge is 0.477 e. The van der Waals surface area contributed by atoms with Crippen LogP contribution in [0.15, 0.2) is 34.8 Å². The van der Waals surface area contributed by atoms with E-state index in [0.29, 0.717) is 10.2 Å². The number of carboxylic acid groups (broad SMARTS) is 1. The Morgan fingerprint density at radius 3 is 2.67 bits per heavy atom. The lowest BCUT2D eigenvalue weighted by Crippen LogP contribution is -2.06. The predicted octanol–water partition coefficient (Wildman–Crippen LogP) is 3.50. The Bertz CT molecular complexity index is 733. The molecular formula is C13H10BrN3O4. The van der Waals surface area contributed by atoms with E-state index < -0.39 is 10.9 Å². The molecular weight excluding hydrogens is 342 g/mol. The number of benzene rings is 1. The Morgan fingerprint density at radius 2 is 2.10 bits per heavy atom. The Balaban J connectivity index is 2.48. The van der Waals surface area contributed by atoms with Gasteiger partial charge in [-0.2, -0.15) is 0 Å². The molecule has 0 unspecified atom stereocenters. The maximum absolute atomic E-state index is 11.0. The van der Waals surface area contributed by atoms with Gasteiger partial charge in [0.15, 0.2) is 5.69 Å². The SMILES string of the molecule is Cc1ccc(Nc2nc(C(=O)O)ccc2[N+](=O)[O-])c(Br)c1. The molecule has 0 spiro atoms. The molecule has 0 radical (unpaired) electrons. The van der Waals surface area contributed by atoms with Crippen molar-refractivity contribution in [2.24, 2.45) is 0 Å². The second kappa shape index (κ2) is 5.88. The lowest BCUT2D eigenvalue weighted by atomic mass is 10.2. The van der Waals surface area contributed by atoms with Crippen LogP contribution in [0, 0.1) is 17.0 Å². The summed E-state index contributed by atoms with van der Waals surface area (Å²) in [6.45, 7) is 1.90. The number of pyridine rings is 1. The van der Waals surface area contributed by atoms with Crippen LogP contribution < -0.4 is 5.32 Å². The second-order valence-corrected chi connectivity index (χ2v) is 5.09. The maximum atomic E-state index is 11.0. The summed E-state index contributed by atoms with van der Waals surface area (Å²) in [4.78, 5) is 25.1. The first-order valence-corrected chi connectivity index (χ1v) is 6.59. The summed E-state index contributed by atoms with van der Waals surface area (Å²) >= 11 is 3.34. The number of carbonyl (C=O) groups is 1. The van der Waals surface area contributed by atoms with Gasteiger partial charge in [0.1, 0.15) is 0 Å². The van der Waals surface area contributed by atoms with E-state index in [1.54, 1.807) is 6.07 Å². The molecule has 0 bridgehead atoms. The number of aromatic nitrogens is 1. The number of hydrogen-bond donors (Lipinski definition) is 2. The van der Waals surface area contributed by atoms with Crippen LogP contribution in [0.4, 0.5) is 17.2 Å². The molecule has 2 N–H and O–H groups in total. The monoisotopic (exact) mass is 351 g/mol. The van der Waals surface area contributed by atoms with Crippen molar-refractivity contribution < 1.29 is 14.8 Å². The van der Waals surface area contributed by atoms with E-state index in [1.807, 2.05) is 19.1 Å². The van der Waals surface area contributed by atoms with Crippen LogP contribution in [0.3, 0.4) is 0 Å². The van der Waals surface area contributed by atoms with Gasteiger partial charge in [-0.15, -0.1) is 0 Å². The highest BCUT2D eigenvalue weighted by Gasteiger charge is 2.19. The molecule has 0 aliphatic carbocycles. The van der Waals surface area contributed by atoms with Crippen molar-refractivity contribution in [3.63, 3.8) is 0 Å². The van der Waals surface area contributed by atoms with Crippen molar-refractivity contribution in [3.8, 4) is 0 Å². The van der Waals surface area contributed by atoms with E-state index in [-0.39, 0.29) is 17.2 Å². The summed E-state index contributed by atoms with van der Waals surface area (Å²) in [6.07, 6.45) is 0. The van der Waals surface area contributed by atoms with E-state index in [9.17, 15) is 14.9 Å². The highest BCUT2D eigenvalue weighted by atomic mass is 79.9. The van der Waals surface area contributed by atoms with Crippen LogP contribution in [-0.4, -0.2) is 21.0 Å². The van der Waals surface area contributed by atoms with Crippen LogP contribution in [0.2, 0.25) is 0 Å². The van der Waals surface area contributed by atoms with E-state index in [1.165, 1.54) is 0 Å². The van der Waals surface area contributed by atoms with Crippen LogP contribution in [0.25, 0.3) is 0 Å². The van der Waals surface area contributed by atoms with Gasteiger partial charge < -0.3 is 10.4 Å². The number of rotatable bonds is 4. The molecule has 0 amide bonds. The van der Waals surface area contributed by atoms with Gasteiger partial charge in [0, 0.05) is 10.5 Å². The fourth-order valence-corrected chi connectivity index (χ4v) is 2.25. The lowest BCUT2D eigenvalue weighted by Gasteiger charge is -2.09. The molecule has 1 aromatic carbocycles. The Kier molecular flexibility index (Phi) is 4.18. The topological polar surface area (TPSA) is 105 Å². The van der Waals surface area contributed by atoms with Gasteiger partial charge in [-0.3, -0.25) is 10.1 Å². The molecule has 2 rings (SSSR count). The van der Waals surface area contributed by atoms with Crippen LogP contribution in [-0.2, 0) is 0 Å². The minimum absolute atomic E-state index is 0.121. The number of aromatic carboxylic acids is 1. The number of aryl methyl sites for hydroxylation is 1. The fraction of sp³-hybridized carbons (Fsp3) is 0.0769. The smallest absolute Gasteiger partial charge is 0.354 e. The fourth-order valence-electron chi connectivity index (χ4n) is 1.66. The Morgan fingerprint density at radius 1 is 1.38 bits per heavy atom. The third-order valence-corrected chi connectivity index (χ3v) is 3.32. The molecule has 1 aromatic heterocycles. The van der Waals surface area contributed by atoms with E-state index in [0.717, 1.165) is 17.7 Å². The zero-order chi connectivity index (χ0) is 15.6. The molecule has 8 heteroatoms. The van der Waals surface area contributed by atoms with Gasteiger partial charge in [-0.1, -0.05) is 6.07 Å². The van der Waals surface area contributed by atoms with E-state index in [2.05, 4.69) is 26.2 Å². The van der Waals surface area contributed by atoms with Gasteiger partial charge >= 0.3 is 11.7 Å². The number of nitro groups is 1. The number of anilines is 2. The molecule has 1 heterocycles. The van der Waals surface area contributed by atoms with Gasteiger partial charge in [-0.25, -0.2) is 9.78 Å². The average Bonchev–Trinajstić information content (AvgIpc) is 2.41. The molecule has 108 valence electrons. The number of nitrogens with zero attached hydrogens (tertiary/aromatic N) is 2. The normalized spacial score (nSPS) is 10.2. The summed E-state index contributed by atoms with van der Waals surface area (Å²) in [7, 11) is 0. The van der Waals surface area contributed by atoms with Gasteiger partial charge in [-0.05, 0) is 46.6 Å². The third-order valence-electron chi connectivity index (χ3n) is 2.67. The van der Waals surface area contributed by atoms with Crippen molar-refractivity contribution in [3.05, 3.63) is 56.2 Å². The zero-order valence-electron chi connectivity index (χ0n) is 10.8. The first kappa shape index (κ1) is 14.9. The van der Waals surface area contributed by atoms with Crippen molar-refractivity contribution in [1.29, 1.82) is 0 Å². The van der Waals surface area contributed by atoms with Crippen molar-refractivity contribution in [2.75, 3.05) is 5.32 Å². The maximum Gasteiger partial charge on any atom is 0.354 e. The van der Waals surface area contributed by atoms with Gasteiger partial charge in [0.05, 0.1) is 10.6 Å². The number of hydrogen-bond acceptors (Lipinski definition) is 5. The average molecular weight is 352 g/mol. The minimum Gasteiger partial charge on any atom is -0.477 e. The molecule has 0 atom stereocenters. The summed E-state index contributed by atoms with van der Waals surface area (Å²) in [6, 6.07) is 7.57. The lowest BCUT2D eigenvalue weighted by molar-refractivity contribution is -0.384. The van der Waals surface area contributed by atoms with Crippen molar-refractivity contribution in [1.82, 2.24) is 4.98 Å². The number of nitrogens with one attached hydrogen (secondary N) is 1.